The molecule has 0 bridgehead atoms. The molecule has 0 atom stereocenters. The summed E-state index contributed by atoms with van der Waals surface area (Å²) >= 11 is 0. The van der Waals surface area contributed by atoms with Crippen molar-refractivity contribution in [1.82, 2.24) is 40.0 Å². The standard InChI is InChI=1S/C25H22FN9O/c1-25(2,22-16(26)12-28-13-30-22)33-24(36)21-23(27)32-20(18-8-10-35(3)34-18)19(31-21)15-6-7-17-14(11-15)5-4-9-29-17/h4-13H,1-3H3,(H2,27,32)(H,33,36). The predicted octanol–water partition coefficient (Wildman–Crippen LogP) is 3.27. The maximum absolute atomic E-state index is 14.3. The van der Waals surface area contributed by atoms with Gasteiger partial charge in [0.15, 0.2) is 17.3 Å². The number of aromatic nitrogens is 7. The number of nitrogen functional groups attached to an aromatic ring is 1. The minimum Gasteiger partial charge on any atom is -0.382 e. The van der Waals surface area contributed by atoms with E-state index >= 15 is 0 Å². The number of nitrogens with zero attached hydrogens (tertiary/aromatic N) is 7. The second-order valence-electron chi connectivity index (χ2n) is 8.74. The van der Waals surface area contributed by atoms with E-state index in [0.29, 0.717) is 22.6 Å². The van der Waals surface area contributed by atoms with Gasteiger partial charge in [0, 0.05) is 30.4 Å². The van der Waals surface area contributed by atoms with Crippen molar-refractivity contribution in [3.63, 3.8) is 0 Å². The number of nitrogens with two attached hydrogens (primary N) is 1. The third kappa shape index (κ3) is 4.22. The lowest BCUT2D eigenvalue weighted by atomic mass is 9.99. The van der Waals surface area contributed by atoms with Crippen LogP contribution in [0.3, 0.4) is 0 Å². The third-order valence-electron chi connectivity index (χ3n) is 5.66. The van der Waals surface area contributed by atoms with Gasteiger partial charge in [0.1, 0.15) is 23.4 Å². The summed E-state index contributed by atoms with van der Waals surface area (Å²) in [6.07, 6.45) is 5.75. The Morgan fingerprint density at radius 3 is 2.69 bits per heavy atom. The van der Waals surface area contributed by atoms with Crippen LogP contribution in [-0.2, 0) is 12.6 Å². The fourth-order valence-corrected chi connectivity index (χ4v) is 3.93. The largest absolute Gasteiger partial charge is 0.382 e. The van der Waals surface area contributed by atoms with Crippen molar-refractivity contribution in [3.05, 3.63) is 78.5 Å². The lowest BCUT2D eigenvalue weighted by Crippen LogP contribution is -2.43. The summed E-state index contributed by atoms with van der Waals surface area (Å²) in [6.45, 7) is 3.25. The molecule has 0 spiro atoms. The predicted molar refractivity (Wildman–Crippen MR) is 132 cm³/mol. The third-order valence-corrected chi connectivity index (χ3v) is 5.66. The number of benzene rings is 1. The van der Waals surface area contributed by atoms with E-state index in [9.17, 15) is 9.18 Å². The van der Waals surface area contributed by atoms with Crippen LogP contribution in [0, 0.1) is 5.82 Å². The fraction of sp³-hybridized carbons (Fsp3) is 0.160. The highest BCUT2D eigenvalue weighted by atomic mass is 19.1. The maximum atomic E-state index is 14.3. The van der Waals surface area contributed by atoms with Gasteiger partial charge in [-0.25, -0.2) is 24.3 Å². The van der Waals surface area contributed by atoms with Crippen LogP contribution in [0.15, 0.2) is 61.3 Å². The molecule has 4 aromatic heterocycles. The average Bonchev–Trinajstić information content (AvgIpc) is 3.29. The number of pyridine rings is 1. The number of nitrogens with one attached hydrogen (secondary N) is 1. The van der Waals surface area contributed by atoms with E-state index in [-0.39, 0.29) is 17.2 Å². The van der Waals surface area contributed by atoms with Crippen LogP contribution < -0.4 is 11.1 Å². The van der Waals surface area contributed by atoms with E-state index in [1.807, 2.05) is 30.3 Å². The Balaban J connectivity index is 1.62. The van der Waals surface area contributed by atoms with Crippen LogP contribution in [0.5, 0.6) is 0 Å². The summed E-state index contributed by atoms with van der Waals surface area (Å²) in [4.78, 5) is 34.5. The number of aryl methyl sites for hydroxylation is 1. The number of halogens is 1. The first kappa shape index (κ1) is 23.0. The number of anilines is 1. The zero-order valence-electron chi connectivity index (χ0n) is 19.8. The molecule has 0 unspecified atom stereocenters. The van der Waals surface area contributed by atoms with Crippen molar-refractivity contribution in [2.45, 2.75) is 19.4 Å². The lowest BCUT2D eigenvalue weighted by Gasteiger charge is -2.26. The van der Waals surface area contributed by atoms with Crippen molar-refractivity contribution >= 4 is 22.6 Å². The van der Waals surface area contributed by atoms with E-state index in [2.05, 4.69) is 35.3 Å². The minimum absolute atomic E-state index is 0.0322. The Morgan fingerprint density at radius 2 is 1.94 bits per heavy atom. The van der Waals surface area contributed by atoms with Crippen molar-refractivity contribution < 1.29 is 9.18 Å². The lowest BCUT2D eigenvalue weighted by molar-refractivity contribution is 0.0904. The summed E-state index contributed by atoms with van der Waals surface area (Å²) < 4.78 is 16.0. The first-order chi connectivity index (χ1) is 17.2. The van der Waals surface area contributed by atoms with E-state index in [1.54, 1.807) is 44.0 Å². The molecule has 10 nitrogen and oxygen atoms in total. The smallest absolute Gasteiger partial charge is 0.274 e. The van der Waals surface area contributed by atoms with Crippen molar-refractivity contribution in [2.24, 2.45) is 7.05 Å². The molecule has 0 saturated heterocycles. The summed E-state index contributed by atoms with van der Waals surface area (Å²) in [5.74, 6) is -1.35. The van der Waals surface area contributed by atoms with Gasteiger partial charge in [-0.05, 0) is 38.1 Å². The highest BCUT2D eigenvalue weighted by molar-refractivity contribution is 5.98. The maximum Gasteiger partial charge on any atom is 0.274 e. The van der Waals surface area contributed by atoms with Crippen molar-refractivity contribution in [2.75, 3.05) is 5.73 Å². The van der Waals surface area contributed by atoms with Gasteiger partial charge in [-0.3, -0.25) is 14.5 Å². The summed E-state index contributed by atoms with van der Waals surface area (Å²) in [5.41, 5.74) is 7.89. The molecule has 0 aliphatic heterocycles. The molecule has 0 aliphatic carbocycles. The van der Waals surface area contributed by atoms with Crippen LogP contribution in [0.4, 0.5) is 10.2 Å². The molecule has 0 saturated carbocycles. The Morgan fingerprint density at radius 1 is 1.11 bits per heavy atom. The van der Waals surface area contributed by atoms with Gasteiger partial charge in [0.2, 0.25) is 0 Å². The Bertz CT molecular complexity index is 1610. The molecule has 5 aromatic rings. The zero-order valence-corrected chi connectivity index (χ0v) is 19.8. The number of rotatable bonds is 5. The van der Waals surface area contributed by atoms with Gasteiger partial charge in [-0.1, -0.05) is 12.1 Å². The second-order valence-corrected chi connectivity index (χ2v) is 8.74. The van der Waals surface area contributed by atoms with Gasteiger partial charge in [0.25, 0.3) is 5.91 Å². The molecule has 3 N–H and O–H groups in total. The van der Waals surface area contributed by atoms with E-state index in [1.165, 1.54) is 6.33 Å². The second kappa shape index (κ2) is 8.77. The SMILES string of the molecule is Cn1ccc(-c2nc(N)c(C(=O)NC(C)(C)c3ncncc3F)nc2-c2ccc3ncccc3c2)n1. The summed E-state index contributed by atoms with van der Waals surface area (Å²) in [7, 11) is 1.79. The van der Waals surface area contributed by atoms with Crippen LogP contribution in [0.2, 0.25) is 0 Å². The molecule has 0 radical (unpaired) electrons. The van der Waals surface area contributed by atoms with Crippen LogP contribution in [0.1, 0.15) is 30.0 Å². The highest BCUT2D eigenvalue weighted by Crippen LogP contribution is 2.32. The Kier molecular flexibility index (Phi) is 5.59. The van der Waals surface area contributed by atoms with E-state index < -0.39 is 17.3 Å². The molecular formula is C25H22FN9O. The van der Waals surface area contributed by atoms with Gasteiger partial charge in [0.05, 0.1) is 22.9 Å². The Hall–Kier alpha value is -4.80. The highest BCUT2D eigenvalue weighted by Gasteiger charge is 2.30. The van der Waals surface area contributed by atoms with Gasteiger partial charge < -0.3 is 11.1 Å². The molecule has 4 heterocycles. The minimum atomic E-state index is -1.17. The van der Waals surface area contributed by atoms with Gasteiger partial charge in [-0.15, -0.1) is 0 Å². The quantitative estimate of drug-likeness (QED) is 0.389. The normalized spacial score (nSPS) is 11.6. The van der Waals surface area contributed by atoms with E-state index in [0.717, 1.165) is 17.1 Å². The molecule has 1 aromatic carbocycles. The topological polar surface area (TPSA) is 137 Å². The van der Waals surface area contributed by atoms with Crippen molar-refractivity contribution in [3.8, 4) is 22.6 Å². The molecule has 11 heteroatoms. The molecule has 180 valence electrons. The van der Waals surface area contributed by atoms with Crippen LogP contribution in [0.25, 0.3) is 33.5 Å². The van der Waals surface area contributed by atoms with Crippen molar-refractivity contribution in [1.29, 1.82) is 0 Å². The number of hydrogen-bond donors (Lipinski definition) is 2. The zero-order chi connectivity index (χ0) is 25.4. The number of carbonyl (C=O) groups excluding carboxylic acids is 1. The first-order valence-electron chi connectivity index (χ1n) is 11.0. The van der Waals surface area contributed by atoms with Gasteiger partial charge in [-0.2, -0.15) is 5.10 Å². The monoisotopic (exact) mass is 483 g/mol. The van der Waals surface area contributed by atoms with Crippen LogP contribution >= 0.6 is 0 Å². The number of amides is 1. The molecule has 0 fully saturated rings. The van der Waals surface area contributed by atoms with E-state index in [4.69, 9.17) is 5.73 Å². The molecule has 1 amide bonds. The number of carbonyl (C=O) groups is 1. The average molecular weight is 484 g/mol. The molecule has 0 aliphatic rings. The fourth-order valence-electron chi connectivity index (χ4n) is 3.93. The molecular weight excluding hydrogens is 461 g/mol. The first-order valence-corrected chi connectivity index (χ1v) is 11.0. The molecule has 36 heavy (non-hydrogen) atoms. The number of fused-ring (bicyclic) bond motifs is 1. The summed E-state index contributed by atoms with van der Waals surface area (Å²) in [5, 5.41) is 8.10. The number of hydrogen-bond acceptors (Lipinski definition) is 8. The Labute approximate surface area is 205 Å². The van der Waals surface area contributed by atoms with Crippen LogP contribution in [-0.4, -0.2) is 40.6 Å². The molecule has 5 rings (SSSR count). The summed E-state index contributed by atoms with van der Waals surface area (Å²) in [6, 6.07) is 11.2. The van der Waals surface area contributed by atoms with Gasteiger partial charge >= 0.3 is 0 Å².